The molecular weight excluding hydrogens is 401 g/mol. The number of imidazole rings is 1. The maximum absolute atomic E-state index is 4.64. The molecule has 2 rings (SSSR count). The molecule has 0 aliphatic heterocycles. The van der Waals surface area contributed by atoms with Gasteiger partial charge >= 0.3 is 0 Å². The first-order valence-electron chi connectivity index (χ1n) is 7.96. The number of nitrogens with zero attached hydrogens (tertiary/aromatic N) is 3. The van der Waals surface area contributed by atoms with E-state index in [0.717, 1.165) is 37.5 Å². The largest absolute Gasteiger partial charge is 0.357 e. The third-order valence-corrected chi connectivity index (χ3v) is 3.19. The van der Waals surface area contributed by atoms with Gasteiger partial charge in [-0.25, -0.2) is 4.98 Å². The molecular formula is C17H28IN5. The van der Waals surface area contributed by atoms with Gasteiger partial charge < -0.3 is 15.2 Å². The molecule has 0 aliphatic rings. The molecule has 0 saturated heterocycles. The van der Waals surface area contributed by atoms with Crippen LogP contribution in [0.15, 0.2) is 35.6 Å². The average Bonchev–Trinajstić information content (AvgIpc) is 2.85. The molecule has 2 N–H and O–H groups in total. The van der Waals surface area contributed by atoms with Crippen LogP contribution in [0.2, 0.25) is 0 Å². The SMILES string of the molecule is CCNC(=NCCCn1cnc2ccccc21)NC(C)(C)C.I. The molecule has 0 amide bonds. The van der Waals surface area contributed by atoms with Crippen LogP contribution >= 0.6 is 24.0 Å². The van der Waals surface area contributed by atoms with E-state index in [9.17, 15) is 0 Å². The van der Waals surface area contributed by atoms with Gasteiger partial charge in [0.25, 0.3) is 0 Å². The zero-order valence-electron chi connectivity index (χ0n) is 14.5. The van der Waals surface area contributed by atoms with Crippen LogP contribution < -0.4 is 10.6 Å². The Morgan fingerprint density at radius 1 is 1.26 bits per heavy atom. The number of fused-ring (bicyclic) bond motifs is 1. The van der Waals surface area contributed by atoms with Crippen molar-refractivity contribution in [1.82, 2.24) is 20.2 Å². The molecule has 5 nitrogen and oxygen atoms in total. The maximum Gasteiger partial charge on any atom is 0.191 e. The Labute approximate surface area is 156 Å². The third kappa shape index (κ3) is 6.37. The van der Waals surface area contributed by atoms with E-state index < -0.39 is 0 Å². The summed E-state index contributed by atoms with van der Waals surface area (Å²) in [6, 6.07) is 8.22. The second-order valence-electron chi connectivity index (χ2n) is 6.42. The molecule has 0 aliphatic carbocycles. The van der Waals surface area contributed by atoms with Gasteiger partial charge in [-0.1, -0.05) is 12.1 Å². The molecule has 1 aromatic carbocycles. The van der Waals surface area contributed by atoms with Crippen molar-refractivity contribution in [3.63, 3.8) is 0 Å². The molecule has 6 heteroatoms. The summed E-state index contributed by atoms with van der Waals surface area (Å²) in [5, 5.41) is 6.68. The van der Waals surface area contributed by atoms with Gasteiger partial charge in [0.2, 0.25) is 0 Å². The van der Waals surface area contributed by atoms with Crippen LogP contribution in [-0.2, 0) is 6.54 Å². The predicted octanol–water partition coefficient (Wildman–Crippen LogP) is 3.40. The zero-order valence-corrected chi connectivity index (χ0v) is 16.8. The number of aliphatic imine (C=N–C) groups is 1. The van der Waals surface area contributed by atoms with Crippen LogP contribution in [0.4, 0.5) is 0 Å². The van der Waals surface area contributed by atoms with Gasteiger partial charge in [-0.3, -0.25) is 4.99 Å². The Bertz CT molecular complexity index is 627. The molecule has 0 atom stereocenters. The zero-order chi connectivity index (χ0) is 16.0. The molecule has 1 aromatic heterocycles. The standard InChI is InChI=1S/C17H27N5.HI/c1-5-18-16(21-17(2,3)4)19-11-8-12-22-13-20-14-9-6-7-10-15(14)22;/h6-7,9-10,13H,5,8,11-12H2,1-4H3,(H2,18,19,21);1H. The fourth-order valence-electron chi connectivity index (χ4n) is 2.28. The Balaban J connectivity index is 0.00000264. The van der Waals surface area contributed by atoms with Gasteiger partial charge in [-0.15, -0.1) is 24.0 Å². The van der Waals surface area contributed by atoms with Crippen molar-refractivity contribution < 1.29 is 0 Å². The number of benzene rings is 1. The third-order valence-electron chi connectivity index (χ3n) is 3.19. The number of halogens is 1. The molecule has 0 saturated carbocycles. The monoisotopic (exact) mass is 429 g/mol. The van der Waals surface area contributed by atoms with E-state index in [1.165, 1.54) is 5.52 Å². The lowest BCUT2D eigenvalue weighted by atomic mass is 10.1. The molecule has 0 bridgehead atoms. The number of aryl methyl sites for hydroxylation is 1. The van der Waals surface area contributed by atoms with Crippen LogP contribution in [0.3, 0.4) is 0 Å². The first-order chi connectivity index (χ1) is 10.5. The summed E-state index contributed by atoms with van der Waals surface area (Å²) in [5.74, 6) is 0.880. The minimum Gasteiger partial charge on any atom is -0.357 e. The number of hydrogen-bond donors (Lipinski definition) is 2. The van der Waals surface area contributed by atoms with E-state index in [4.69, 9.17) is 0 Å². The topological polar surface area (TPSA) is 54.2 Å². The molecule has 0 unspecified atom stereocenters. The van der Waals surface area contributed by atoms with Crippen molar-refractivity contribution in [3.8, 4) is 0 Å². The van der Waals surface area contributed by atoms with Crippen LogP contribution in [0.5, 0.6) is 0 Å². The van der Waals surface area contributed by atoms with Crippen molar-refractivity contribution in [2.75, 3.05) is 13.1 Å². The molecule has 2 aromatic rings. The molecule has 0 radical (unpaired) electrons. The van der Waals surface area contributed by atoms with Crippen molar-refractivity contribution in [3.05, 3.63) is 30.6 Å². The number of guanidine groups is 1. The summed E-state index contributed by atoms with van der Waals surface area (Å²) in [7, 11) is 0. The molecule has 1 heterocycles. The van der Waals surface area contributed by atoms with Crippen molar-refractivity contribution >= 4 is 41.0 Å². The van der Waals surface area contributed by atoms with Gasteiger partial charge in [0, 0.05) is 25.2 Å². The highest BCUT2D eigenvalue weighted by Crippen LogP contribution is 2.12. The van der Waals surface area contributed by atoms with Gasteiger partial charge in [0.15, 0.2) is 5.96 Å². The van der Waals surface area contributed by atoms with E-state index in [1.807, 2.05) is 18.5 Å². The van der Waals surface area contributed by atoms with E-state index >= 15 is 0 Å². The van der Waals surface area contributed by atoms with Crippen molar-refractivity contribution in [2.24, 2.45) is 4.99 Å². The smallest absolute Gasteiger partial charge is 0.191 e. The van der Waals surface area contributed by atoms with E-state index in [-0.39, 0.29) is 29.5 Å². The van der Waals surface area contributed by atoms with Crippen LogP contribution in [0, 0.1) is 0 Å². The van der Waals surface area contributed by atoms with Crippen molar-refractivity contribution in [1.29, 1.82) is 0 Å². The number of aromatic nitrogens is 2. The fourth-order valence-corrected chi connectivity index (χ4v) is 2.28. The van der Waals surface area contributed by atoms with Gasteiger partial charge in [-0.2, -0.15) is 0 Å². The number of para-hydroxylation sites is 2. The summed E-state index contributed by atoms with van der Waals surface area (Å²) in [4.78, 5) is 9.05. The summed E-state index contributed by atoms with van der Waals surface area (Å²) in [6.45, 7) is 11.1. The minimum absolute atomic E-state index is 0. The van der Waals surface area contributed by atoms with Gasteiger partial charge in [0.1, 0.15) is 0 Å². The van der Waals surface area contributed by atoms with Crippen LogP contribution in [0.1, 0.15) is 34.1 Å². The highest BCUT2D eigenvalue weighted by molar-refractivity contribution is 14.0. The van der Waals surface area contributed by atoms with E-state index in [0.29, 0.717) is 0 Å². The van der Waals surface area contributed by atoms with Gasteiger partial charge in [-0.05, 0) is 46.2 Å². The first kappa shape index (κ1) is 19.7. The van der Waals surface area contributed by atoms with E-state index in [2.05, 4.69) is 65.0 Å². The quantitative estimate of drug-likeness (QED) is 0.332. The lowest BCUT2D eigenvalue weighted by molar-refractivity contribution is 0.501. The lowest BCUT2D eigenvalue weighted by Gasteiger charge is -2.23. The number of nitrogens with one attached hydrogen (secondary N) is 2. The summed E-state index contributed by atoms with van der Waals surface area (Å²) in [5.41, 5.74) is 2.25. The van der Waals surface area contributed by atoms with Crippen LogP contribution in [-0.4, -0.2) is 34.1 Å². The maximum atomic E-state index is 4.64. The Hall–Kier alpha value is -1.31. The second kappa shape index (κ2) is 9.10. The summed E-state index contributed by atoms with van der Waals surface area (Å²) < 4.78 is 2.19. The second-order valence-corrected chi connectivity index (χ2v) is 6.42. The Kier molecular flexibility index (Phi) is 7.81. The van der Waals surface area contributed by atoms with Gasteiger partial charge in [0.05, 0.1) is 17.4 Å². The number of hydrogen-bond acceptors (Lipinski definition) is 2. The Morgan fingerprint density at radius 2 is 2.00 bits per heavy atom. The molecule has 0 spiro atoms. The summed E-state index contributed by atoms with van der Waals surface area (Å²) >= 11 is 0. The predicted molar refractivity (Wildman–Crippen MR) is 109 cm³/mol. The van der Waals surface area contributed by atoms with E-state index in [1.54, 1.807) is 0 Å². The minimum atomic E-state index is 0. The summed E-state index contributed by atoms with van der Waals surface area (Å²) in [6.07, 6.45) is 2.90. The fraction of sp³-hybridized carbons (Fsp3) is 0.529. The number of rotatable bonds is 5. The first-order valence-corrected chi connectivity index (χ1v) is 7.96. The molecule has 128 valence electrons. The highest BCUT2D eigenvalue weighted by Gasteiger charge is 2.11. The molecule has 23 heavy (non-hydrogen) atoms. The van der Waals surface area contributed by atoms with Crippen molar-refractivity contribution in [2.45, 2.75) is 46.2 Å². The normalized spacial score (nSPS) is 12.1. The highest BCUT2D eigenvalue weighted by atomic mass is 127. The Morgan fingerprint density at radius 3 is 2.70 bits per heavy atom. The lowest BCUT2D eigenvalue weighted by Crippen LogP contribution is -2.47. The van der Waals surface area contributed by atoms with Crippen LogP contribution in [0.25, 0.3) is 11.0 Å². The average molecular weight is 429 g/mol. The molecule has 0 fully saturated rings.